The van der Waals surface area contributed by atoms with Crippen molar-refractivity contribution < 1.29 is 14.4 Å². The summed E-state index contributed by atoms with van der Waals surface area (Å²) in [4.78, 5) is 42.0. The van der Waals surface area contributed by atoms with Crippen LogP contribution in [0.25, 0.3) is 0 Å². The van der Waals surface area contributed by atoms with Gasteiger partial charge in [0.15, 0.2) is 0 Å². The summed E-state index contributed by atoms with van der Waals surface area (Å²) >= 11 is 1.54. The van der Waals surface area contributed by atoms with E-state index >= 15 is 0 Å². The van der Waals surface area contributed by atoms with E-state index in [0.29, 0.717) is 36.7 Å². The second kappa shape index (κ2) is 9.37. The molecule has 8 nitrogen and oxygen atoms in total. The molecular formula is C22H29N5O3S. The zero-order valence-electron chi connectivity index (χ0n) is 17.9. The van der Waals surface area contributed by atoms with Crippen LogP contribution in [0.3, 0.4) is 0 Å². The number of amides is 3. The van der Waals surface area contributed by atoms with Gasteiger partial charge in [-0.3, -0.25) is 19.3 Å². The molecule has 0 bridgehead atoms. The van der Waals surface area contributed by atoms with Crippen molar-refractivity contribution >= 4 is 34.1 Å². The molecule has 31 heavy (non-hydrogen) atoms. The Hall–Kier alpha value is -2.44. The molecule has 0 aromatic carbocycles. The number of hydrogen-bond acceptors (Lipinski definition) is 6. The smallest absolute Gasteiger partial charge is 0.311 e. The first kappa shape index (κ1) is 21.8. The molecule has 1 aromatic heterocycles. The van der Waals surface area contributed by atoms with Gasteiger partial charge in [0.05, 0.1) is 11.6 Å². The lowest BCUT2D eigenvalue weighted by atomic mass is 10.1. The zero-order valence-corrected chi connectivity index (χ0v) is 18.7. The van der Waals surface area contributed by atoms with Gasteiger partial charge in [-0.15, -0.1) is 11.3 Å². The minimum atomic E-state index is -0.525. The fraction of sp³-hybridized carbons (Fsp3) is 0.636. The number of anilines is 1. The molecule has 3 aliphatic rings. The predicted molar refractivity (Wildman–Crippen MR) is 118 cm³/mol. The normalized spacial score (nSPS) is 20.2. The Balaban J connectivity index is 1.33. The third-order valence-corrected chi connectivity index (χ3v) is 7.61. The first-order valence-electron chi connectivity index (χ1n) is 11.2. The summed E-state index contributed by atoms with van der Waals surface area (Å²) in [6, 6.07) is 2.08. The molecule has 1 aliphatic heterocycles. The Morgan fingerprint density at radius 1 is 1.10 bits per heavy atom. The molecule has 2 heterocycles. The quantitative estimate of drug-likeness (QED) is 0.544. The van der Waals surface area contributed by atoms with Gasteiger partial charge >= 0.3 is 11.8 Å². The Morgan fingerprint density at radius 3 is 2.48 bits per heavy atom. The van der Waals surface area contributed by atoms with Gasteiger partial charge in [0, 0.05) is 37.1 Å². The number of nitriles is 1. The Morgan fingerprint density at radius 2 is 1.81 bits per heavy atom. The van der Waals surface area contributed by atoms with Gasteiger partial charge < -0.3 is 15.5 Å². The van der Waals surface area contributed by atoms with E-state index in [1.165, 1.54) is 22.6 Å². The van der Waals surface area contributed by atoms with Crippen molar-refractivity contribution in [2.45, 2.75) is 64.0 Å². The number of piperazine rings is 1. The number of hydrogen-bond donors (Lipinski definition) is 2. The average molecular weight is 444 g/mol. The third kappa shape index (κ3) is 4.91. The van der Waals surface area contributed by atoms with E-state index in [-0.39, 0.29) is 18.0 Å². The number of aryl methyl sites for hydroxylation is 1. The van der Waals surface area contributed by atoms with Crippen molar-refractivity contribution in [1.29, 1.82) is 5.26 Å². The van der Waals surface area contributed by atoms with Gasteiger partial charge in [-0.05, 0) is 51.0 Å². The molecule has 0 radical (unpaired) electrons. The van der Waals surface area contributed by atoms with Crippen LogP contribution >= 0.6 is 11.3 Å². The summed E-state index contributed by atoms with van der Waals surface area (Å²) in [5.41, 5.74) is 1.74. The average Bonchev–Trinajstić information content (AvgIpc) is 3.57. The lowest BCUT2D eigenvalue weighted by Gasteiger charge is -2.37. The fourth-order valence-corrected chi connectivity index (χ4v) is 5.50. The van der Waals surface area contributed by atoms with Crippen molar-refractivity contribution in [3.05, 3.63) is 16.0 Å². The largest absolute Gasteiger partial charge is 0.345 e. The van der Waals surface area contributed by atoms with Crippen LogP contribution in [0.4, 0.5) is 5.00 Å². The van der Waals surface area contributed by atoms with Gasteiger partial charge in [0.1, 0.15) is 11.1 Å². The second-order valence-electron chi connectivity index (χ2n) is 8.62. The zero-order chi connectivity index (χ0) is 22.0. The van der Waals surface area contributed by atoms with Crippen molar-refractivity contribution in [3.8, 4) is 6.07 Å². The van der Waals surface area contributed by atoms with Gasteiger partial charge in [-0.1, -0.05) is 6.42 Å². The Kier molecular flexibility index (Phi) is 6.58. The maximum Gasteiger partial charge on any atom is 0.311 e. The van der Waals surface area contributed by atoms with Crippen molar-refractivity contribution in [2.24, 2.45) is 0 Å². The highest BCUT2D eigenvalue weighted by Gasteiger charge is 2.33. The number of fused-ring (bicyclic) bond motifs is 1. The van der Waals surface area contributed by atoms with Crippen molar-refractivity contribution in [3.63, 3.8) is 0 Å². The van der Waals surface area contributed by atoms with Gasteiger partial charge in [0.2, 0.25) is 5.91 Å². The topological polar surface area (TPSA) is 106 Å². The van der Waals surface area contributed by atoms with E-state index < -0.39 is 11.8 Å². The molecule has 0 unspecified atom stereocenters. The minimum absolute atomic E-state index is 0.140. The summed E-state index contributed by atoms with van der Waals surface area (Å²) in [5, 5.41) is 16.0. The fourth-order valence-electron chi connectivity index (χ4n) is 4.26. The molecule has 2 aliphatic carbocycles. The molecule has 1 aromatic rings. The number of carbonyl (C=O) groups excluding carboxylic acids is 3. The SMILES string of the molecule is C[C@H](C(=O)Nc1sc2c(c1C#N)CCCCC2)N1CCN(C(=O)C(=O)NC2CC2)CC1. The molecular weight excluding hydrogens is 414 g/mol. The van der Waals surface area contributed by atoms with Crippen LogP contribution in [0.2, 0.25) is 0 Å². The van der Waals surface area contributed by atoms with E-state index in [4.69, 9.17) is 0 Å². The van der Waals surface area contributed by atoms with Crippen LogP contribution in [-0.4, -0.2) is 65.8 Å². The Labute approximate surface area is 186 Å². The molecule has 4 rings (SSSR count). The molecule has 1 atom stereocenters. The molecule has 2 fully saturated rings. The van der Waals surface area contributed by atoms with E-state index in [1.807, 2.05) is 11.8 Å². The van der Waals surface area contributed by atoms with Gasteiger partial charge in [0.25, 0.3) is 0 Å². The summed E-state index contributed by atoms with van der Waals surface area (Å²) in [7, 11) is 0. The predicted octanol–water partition coefficient (Wildman–Crippen LogP) is 1.64. The second-order valence-corrected chi connectivity index (χ2v) is 9.73. The van der Waals surface area contributed by atoms with Gasteiger partial charge in [-0.25, -0.2) is 0 Å². The summed E-state index contributed by atoms with van der Waals surface area (Å²) in [6.45, 7) is 3.75. The number of carbonyl (C=O) groups is 3. The molecule has 0 spiro atoms. The number of rotatable bonds is 4. The maximum atomic E-state index is 12.9. The van der Waals surface area contributed by atoms with Crippen molar-refractivity contribution in [1.82, 2.24) is 15.1 Å². The Bertz CT molecular complexity index is 909. The first-order chi connectivity index (χ1) is 15.0. The summed E-state index contributed by atoms with van der Waals surface area (Å²) in [6.07, 6.45) is 7.17. The van der Waals surface area contributed by atoms with E-state index in [2.05, 4.69) is 16.7 Å². The minimum Gasteiger partial charge on any atom is -0.345 e. The van der Waals surface area contributed by atoms with Crippen LogP contribution in [0, 0.1) is 11.3 Å². The molecule has 166 valence electrons. The molecule has 2 N–H and O–H groups in total. The lowest BCUT2D eigenvalue weighted by Crippen LogP contribution is -2.56. The summed E-state index contributed by atoms with van der Waals surface area (Å²) in [5.74, 6) is -1.15. The van der Waals surface area contributed by atoms with Crippen LogP contribution in [0.15, 0.2) is 0 Å². The van der Waals surface area contributed by atoms with E-state index in [9.17, 15) is 19.6 Å². The molecule has 3 amide bonds. The maximum absolute atomic E-state index is 12.9. The molecule has 1 saturated carbocycles. The monoisotopic (exact) mass is 443 g/mol. The number of thiophene rings is 1. The van der Waals surface area contributed by atoms with Crippen LogP contribution in [0.5, 0.6) is 0 Å². The highest BCUT2D eigenvalue weighted by Crippen LogP contribution is 2.37. The van der Waals surface area contributed by atoms with Crippen LogP contribution in [-0.2, 0) is 27.2 Å². The number of nitrogens with zero attached hydrogens (tertiary/aromatic N) is 3. The van der Waals surface area contributed by atoms with Crippen LogP contribution < -0.4 is 10.6 Å². The highest BCUT2D eigenvalue weighted by atomic mass is 32.1. The van der Waals surface area contributed by atoms with Gasteiger partial charge in [-0.2, -0.15) is 5.26 Å². The van der Waals surface area contributed by atoms with Crippen molar-refractivity contribution in [2.75, 3.05) is 31.5 Å². The number of nitrogens with one attached hydrogen (secondary N) is 2. The highest BCUT2D eigenvalue weighted by molar-refractivity contribution is 7.16. The van der Waals surface area contributed by atoms with E-state index in [0.717, 1.165) is 44.1 Å². The molecule has 1 saturated heterocycles. The summed E-state index contributed by atoms with van der Waals surface area (Å²) < 4.78 is 0. The first-order valence-corrected chi connectivity index (χ1v) is 12.0. The van der Waals surface area contributed by atoms with E-state index in [1.54, 1.807) is 4.90 Å². The molecule has 9 heteroatoms. The van der Waals surface area contributed by atoms with Crippen LogP contribution in [0.1, 0.15) is 55.0 Å². The third-order valence-electron chi connectivity index (χ3n) is 6.41. The standard InChI is InChI=1S/C22H29N5O3S/c1-14(26-9-11-27(12-10-26)22(30)20(29)24-15-7-8-15)19(28)25-21-17(13-23)16-5-3-2-4-6-18(16)31-21/h14-15H,2-12H2,1H3,(H,24,29)(H,25,28)/t14-/m1/s1. The lowest BCUT2D eigenvalue weighted by molar-refractivity contribution is -0.147.